The SMILES string of the molecule is Cc1c(C2CCN(C)CC2)c2ccccc2n1C. The zero-order valence-corrected chi connectivity index (χ0v) is 11.6. The first-order chi connectivity index (χ1) is 8.68. The van der Waals surface area contributed by atoms with Crippen molar-refractivity contribution in [1.82, 2.24) is 9.47 Å². The third kappa shape index (κ3) is 1.76. The van der Waals surface area contributed by atoms with Crippen LogP contribution in [-0.2, 0) is 7.05 Å². The van der Waals surface area contributed by atoms with Crippen LogP contribution < -0.4 is 0 Å². The van der Waals surface area contributed by atoms with Crippen molar-refractivity contribution in [3.05, 3.63) is 35.5 Å². The molecule has 1 aromatic carbocycles. The highest BCUT2D eigenvalue weighted by molar-refractivity contribution is 5.86. The molecule has 0 unspecified atom stereocenters. The topological polar surface area (TPSA) is 8.17 Å². The first-order valence-electron chi connectivity index (χ1n) is 6.91. The fourth-order valence-corrected chi connectivity index (χ4v) is 3.36. The summed E-state index contributed by atoms with van der Waals surface area (Å²) in [5.41, 5.74) is 4.43. The Balaban J connectivity index is 2.08. The van der Waals surface area contributed by atoms with Gasteiger partial charge in [0.25, 0.3) is 0 Å². The Bertz CT molecular complexity index is 560. The van der Waals surface area contributed by atoms with Crippen LogP contribution in [0, 0.1) is 6.92 Å². The number of fused-ring (bicyclic) bond motifs is 1. The Morgan fingerprint density at radius 2 is 1.72 bits per heavy atom. The minimum atomic E-state index is 0.743. The van der Waals surface area contributed by atoms with Gasteiger partial charge in [-0.3, -0.25) is 0 Å². The van der Waals surface area contributed by atoms with Crippen LogP contribution in [0.25, 0.3) is 10.9 Å². The second kappa shape index (κ2) is 4.43. The van der Waals surface area contributed by atoms with Crippen LogP contribution in [0.2, 0.25) is 0 Å². The van der Waals surface area contributed by atoms with E-state index in [9.17, 15) is 0 Å². The average molecular weight is 242 g/mol. The van der Waals surface area contributed by atoms with Gasteiger partial charge in [-0.05, 0) is 57.5 Å². The molecule has 0 spiro atoms. The van der Waals surface area contributed by atoms with Gasteiger partial charge in [-0.1, -0.05) is 18.2 Å². The molecule has 2 nitrogen and oxygen atoms in total. The quantitative estimate of drug-likeness (QED) is 0.745. The van der Waals surface area contributed by atoms with Crippen molar-refractivity contribution in [1.29, 1.82) is 0 Å². The molecule has 2 aromatic rings. The van der Waals surface area contributed by atoms with E-state index >= 15 is 0 Å². The molecule has 0 amide bonds. The Morgan fingerprint density at radius 3 is 2.44 bits per heavy atom. The highest BCUT2D eigenvalue weighted by atomic mass is 15.1. The molecule has 0 radical (unpaired) electrons. The number of aryl methyl sites for hydroxylation is 1. The van der Waals surface area contributed by atoms with Crippen LogP contribution in [0.4, 0.5) is 0 Å². The lowest BCUT2D eigenvalue weighted by molar-refractivity contribution is 0.255. The van der Waals surface area contributed by atoms with Gasteiger partial charge in [0.2, 0.25) is 0 Å². The zero-order chi connectivity index (χ0) is 12.7. The Hall–Kier alpha value is -1.28. The van der Waals surface area contributed by atoms with E-state index in [1.54, 1.807) is 5.56 Å². The van der Waals surface area contributed by atoms with Gasteiger partial charge in [0.15, 0.2) is 0 Å². The molecule has 1 aromatic heterocycles. The molecule has 2 heterocycles. The predicted molar refractivity (Wildman–Crippen MR) is 77.1 cm³/mol. The summed E-state index contributed by atoms with van der Waals surface area (Å²) in [7, 11) is 4.42. The molecule has 1 fully saturated rings. The Labute approximate surface area is 109 Å². The van der Waals surface area contributed by atoms with E-state index in [1.807, 2.05) is 0 Å². The van der Waals surface area contributed by atoms with Gasteiger partial charge in [-0.2, -0.15) is 0 Å². The molecule has 1 aliphatic heterocycles. The fourth-order valence-electron chi connectivity index (χ4n) is 3.36. The molecule has 0 atom stereocenters. The van der Waals surface area contributed by atoms with Crippen molar-refractivity contribution in [2.24, 2.45) is 7.05 Å². The van der Waals surface area contributed by atoms with E-state index in [-0.39, 0.29) is 0 Å². The van der Waals surface area contributed by atoms with Crippen molar-refractivity contribution in [3.8, 4) is 0 Å². The summed E-state index contributed by atoms with van der Waals surface area (Å²) in [6.45, 7) is 4.73. The number of benzene rings is 1. The highest BCUT2D eigenvalue weighted by Crippen LogP contribution is 2.36. The minimum absolute atomic E-state index is 0.743. The van der Waals surface area contributed by atoms with Crippen LogP contribution in [0.1, 0.15) is 30.0 Å². The lowest BCUT2D eigenvalue weighted by Crippen LogP contribution is -2.29. The Morgan fingerprint density at radius 1 is 1.06 bits per heavy atom. The van der Waals surface area contributed by atoms with Gasteiger partial charge in [0.05, 0.1) is 0 Å². The number of likely N-dealkylation sites (tertiary alicyclic amines) is 1. The van der Waals surface area contributed by atoms with Gasteiger partial charge < -0.3 is 9.47 Å². The van der Waals surface area contributed by atoms with Crippen molar-refractivity contribution in [3.63, 3.8) is 0 Å². The van der Waals surface area contributed by atoms with Crippen molar-refractivity contribution >= 4 is 10.9 Å². The van der Waals surface area contributed by atoms with Crippen LogP contribution in [-0.4, -0.2) is 29.6 Å². The molecular formula is C16H22N2. The van der Waals surface area contributed by atoms with Crippen molar-refractivity contribution in [2.45, 2.75) is 25.7 Å². The molecular weight excluding hydrogens is 220 g/mol. The fraction of sp³-hybridized carbons (Fsp3) is 0.500. The van der Waals surface area contributed by atoms with E-state index in [2.05, 4.69) is 54.8 Å². The number of hydrogen-bond acceptors (Lipinski definition) is 1. The van der Waals surface area contributed by atoms with Crippen LogP contribution in [0.3, 0.4) is 0 Å². The van der Waals surface area contributed by atoms with E-state index in [0.29, 0.717) is 0 Å². The third-order valence-electron chi connectivity index (χ3n) is 4.58. The van der Waals surface area contributed by atoms with Crippen LogP contribution in [0.15, 0.2) is 24.3 Å². The number of piperidine rings is 1. The first kappa shape index (κ1) is 11.8. The molecule has 18 heavy (non-hydrogen) atoms. The molecule has 96 valence electrons. The van der Waals surface area contributed by atoms with E-state index < -0.39 is 0 Å². The highest BCUT2D eigenvalue weighted by Gasteiger charge is 2.23. The maximum absolute atomic E-state index is 2.44. The van der Waals surface area contributed by atoms with Crippen LogP contribution >= 0.6 is 0 Å². The van der Waals surface area contributed by atoms with Gasteiger partial charge in [0.1, 0.15) is 0 Å². The van der Waals surface area contributed by atoms with Gasteiger partial charge in [0, 0.05) is 23.6 Å². The largest absolute Gasteiger partial charge is 0.348 e. The third-order valence-corrected chi connectivity index (χ3v) is 4.58. The van der Waals surface area contributed by atoms with Gasteiger partial charge in [-0.15, -0.1) is 0 Å². The zero-order valence-electron chi connectivity index (χ0n) is 11.6. The minimum Gasteiger partial charge on any atom is -0.348 e. The van der Waals surface area contributed by atoms with E-state index in [0.717, 1.165) is 5.92 Å². The molecule has 1 aliphatic rings. The second-order valence-corrected chi connectivity index (χ2v) is 5.65. The summed E-state index contributed by atoms with van der Waals surface area (Å²) >= 11 is 0. The number of aromatic nitrogens is 1. The predicted octanol–water partition coefficient (Wildman–Crippen LogP) is 3.30. The smallest absolute Gasteiger partial charge is 0.0482 e. The second-order valence-electron chi connectivity index (χ2n) is 5.65. The van der Waals surface area contributed by atoms with Crippen LogP contribution in [0.5, 0.6) is 0 Å². The number of nitrogens with zero attached hydrogens (tertiary/aromatic N) is 2. The average Bonchev–Trinajstić information content (AvgIpc) is 2.64. The lowest BCUT2D eigenvalue weighted by Gasteiger charge is -2.29. The molecule has 2 heteroatoms. The van der Waals surface area contributed by atoms with Crippen molar-refractivity contribution < 1.29 is 0 Å². The standard InChI is InChI=1S/C16H22N2/c1-12-16(13-8-10-17(2)11-9-13)14-6-4-5-7-15(14)18(12)3/h4-7,13H,8-11H2,1-3H3. The number of rotatable bonds is 1. The molecule has 0 N–H and O–H groups in total. The summed E-state index contributed by atoms with van der Waals surface area (Å²) in [5.74, 6) is 0.743. The first-order valence-corrected chi connectivity index (χ1v) is 6.91. The number of hydrogen-bond donors (Lipinski definition) is 0. The summed E-state index contributed by atoms with van der Waals surface area (Å²) in [6.07, 6.45) is 2.59. The van der Waals surface area contributed by atoms with E-state index in [1.165, 1.54) is 42.5 Å². The molecule has 0 aliphatic carbocycles. The normalized spacial score (nSPS) is 18.6. The molecule has 1 saturated heterocycles. The molecule has 0 saturated carbocycles. The Kier molecular flexibility index (Phi) is 2.90. The summed E-state index contributed by atoms with van der Waals surface area (Å²) in [5, 5.41) is 1.46. The monoisotopic (exact) mass is 242 g/mol. The maximum atomic E-state index is 2.44. The maximum Gasteiger partial charge on any atom is 0.0482 e. The van der Waals surface area contributed by atoms with Gasteiger partial charge in [-0.25, -0.2) is 0 Å². The summed E-state index contributed by atoms with van der Waals surface area (Å²) < 4.78 is 2.35. The summed E-state index contributed by atoms with van der Waals surface area (Å²) in [4.78, 5) is 2.44. The summed E-state index contributed by atoms with van der Waals surface area (Å²) in [6, 6.07) is 8.83. The molecule has 3 rings (SSSR count). The van der Waals surface area contributed by atoms with E-state index in [4.69, 9.17) is 0 Å². The van der Waals surface area contributed by atoms with Gasteiger partial charge >= 0.3 is 0 Å². The number of para-hydroxylation sites is 1. The lowest BCUT2D eigenvalue weighted by atomic mass is 9.88. The molecule has 0 bridgehead atoms. The van der Waals surface area contributed by atoms with Crippen molar-refractivity contribution in [2.75, 3.05) is 20.1 Å².